The second kappa shape index (κ2) is 6.28. The van der Waals surface area contributed by atoms with Crippen molar-refractivity contribution in [3.8, 4) is 11.4 Å². The molecule has 0 saturated carbocycles. The predicted octanol–water partition coefficient (Wildman–Crippen LogP) is 4.42. The average molecular weight is 357 g/mol. The van der Waals surface area contributed by atoms with E-state index in [4.69, 9.17) is 11.6 Å². The van der Waals surface area contributed by atoms with Gasteiger partial charge in [0.15, 0.2) is 5.82 Å². The van der Waals surface area contributed by atoms with Crippen LogP contribution < -0.4 is 0 Å². The molecule has 0 atom stereocenters. The van der Waals surface area contributed by atoms with Crippen LogP contribution in [0.3, 0.4) is 0 Å². The van der Waals surface area contributed by atoms with Crippen molar-refractivity contribution in [2.24, 2.45) is 0 Å². The number of nitro groups is 1. The zero-order valence-electron chi connectivity index (χ0n) is 10.6. The normalized spacial score (nSPS) is 10.6. The standard InChI is InChI=1S/C13H11BrClN3O2/c1-2-4-10-11(14)12(15)17-13(16-10)8-5-3-6-9(7-8)18(19)20/h3,5-7H,2,4H2,1H3. The minimum Gasteiger partial charge on any atom is -0.258 e. The molecule has 2 aromatic rings. The van der Waals surface area contributed by atoms with Crippen molar-refractivity contribution in [3.63, 3.8) is 0 Å². The third-order valence-electron chi connectivity index (χ3n) is 2.68. The van der Waals surface area contributed by atoms with Crippen molar-refractivity contribution in [2.45, 2.75) is 19.8 Å². The molecule has 0 aliphatic heterocycles. The van der Waals surface area contributed by atoms with E-state index in [1.807, 2.05) is 6.92 Å². The first kappa shape index (κ1) is 14.9. The number of rotatable bonds is 4. The first-order valence-corrected chi connectivity index (χ1v) is 7.16. The van der Waals surface area contributed by atoms with Gasteiger partial charge in [-0.05, 0) is 22.4 Å². The molecule has 1 heterocycles. The summed E-state index contributed by atoms with van der Waals surface area (Å²) in [5, 5.41) is 11.1. The van der Waals surface area contributed by atoms with Gasteiger partial charge in [-0.1, -0.05) is 37.1 Å². The minimum absolute atomic E-state index is 0.00202. The van der Waals surface area contributed by atoms with Gasteiger partial charge in [-0.25, -0.2) is 9.97 Å². The van der Waals surface area contributed by atoms with Gasteiger partial charge < -0.3 is 0 Å². The van der Waals surface area contributed by atoms with Gasteiger partial charge in [-0.2, -0.15) is 0 Å². The van der Waals surface area contributed by atoms with Gasteiger partial charge in [0, 0.05) is 17.7 Å². The number of hydrogen-bond acceptors (Lipinski definition) is 4. The Morgan fingerprint density at radius 1 is 1.40 bits per heavy atom. The summed E-state index contributed by atoms with van der Waals surface area (Å²) >= 11 is 9.44. The first-order valence-electron chi connectivity index (χ1n) is 5.99. The van der Waals surface area contributed by atoms with Crippen molar-refractivity contribution in [1.29, 1.82) is 0 Å². The molecule has 0 saturated heterocycles. The van der Waals surface area contributed by atoms with Gasteiger partial charge in [0.25, 0.3) is 5.69 Å². The number of aryl methyl sites for hydroxylation is 1. The molecule has 0 bridgehead atoms. The van der Waals surface area contributed by atoms with Crippen molar-refractivity contribution in [1.82, 2.24) is 9.97 Å². The Morgan fingerprint density at radius 2 is 2.15 bits per heavy atom. The van der Waals surface area contributed by atoms with Crippen LogP contribution in [0.15, 0.2) is 28.7 Å². The smallest absolute Gasteiger partial charge is 0.258 e. The fraction of sp³-hybridized carbons (Fsp3) is 0.231. The van der Waals surface area contributed by atoms with E-state index >= 15 is 0 Å². The van der Waals surface area contributed by atoms with E-state index in [-0.39, 0.29) is 5.69 Å². The molecular formula is C13H11BrClN3O2. The van der Waals surface area contributed by atoms with Crippen molar-refractivity contribution in [2.75, 3.05) is 0 Å². The topological polar surface area (TPSA) is 68.9 Å². The van der Waals surface area contributed by atoms with Gasteiger partial charge in [0.1, 0.15) is 5.15 Å². The zero-order valence-corrected chi connectivity index (χ0v) is 13.0. The average Bonchev–Trinajstić information content (AvgIpc) is 2.44. The maximum Gasteiger partial charge on any atom is 0.270 e. The molecule has 1 aromatic heterocycles. The molecule has 1 aromatic carbocycles. The van der Waals surface area contributed by atoms with E-state index in [0.717, 1.165) is 18.5 Å². The Bertz CT molecular complexity index is 664. The molecule has 0 N–H and O–H groups in total. The summed E-state index contributed by atoms with van der Waals surface area (Å²) in [7, 11) is 0. The number of hydrogen-bond donors (Lipinski definition) is 0. The van der Waals surface area contributed by atoms with E-state index in [9.17, 15) is 10.1 Å². The summed E-state index contributed by atoms with van der Waals surface area (Å²) in [5.74, 6) is 0.394. The Balaban J connectivity index is 2.52. The van der Waals surface area contributed by atoms with Crippen LogP contribution in [0.2, 0.25) is 5.15 Å². The molecule has 0 spiro atoms. The summed E-state index contributed by atoms with van der Waals surface area (Å²) in [4.78, 5) is 19.0. The number of benzene rings is 1. The molecule has 0 fully saturated rings. The van der Waals surface area contributed by atoms with E-state index in [0.29, 0.717) is 21.0 Å². The Labute approximate surface area is 129 Å². The predicted molar refractivity (Wildman–Crippen MR) is 80.8 cm³/mol. The maximum absolute atomic E-state index is 10.8. The van der Waals surface area contributed by atoms with E-state index in [2.05, 4.69) is 25.9 Å². The van der Waals surface area contributed by atoms with Crippen LogP contribution in [0, 0.1) is 10.1 Å². The molecule has 0 amide bonds. The molecule has 104 valence electrons. The van der Waals surface area contributed by atoms with Gasteiger partial charge >= 0.3 is 0 Å². The van der Waals surface area contributed by atoms with Crippen molar-refractivity contribution < 1.29 is 4.92 Å². The lowest BCUT2D eigenvalue weighted by Gasteiger charge is -2.07. The largest absolute Gasteiger partial charge is 0.270 e. The molecule has 0 aliphatic rings. The Hall–Kier alpha value is -1.53. The van der Waals surface area contributed by atoms with Crippen LogP contribution in [-0.2, 0) is 6.42 Å². The maximum atomic E-state index is 10.8. The molecule has 7 heteroatoms. The number of aromatic nitrogens is 2. The summed E-state index contributed by atoms with van der Waals surface area (Å²) < 4.78 is 0.676. The second-order valence-electron chi connectivity index (χ2n) is 4.16. The monoisotopic (exact) mass is 355 g/mol. The van der Waals surface area contributed by atoms with Gasteiger partial charge in [-0.15, -0.1) is 0 Å². The molecule has 20 heavy (non-hydrogen) atoms. The fourth-order valence-corrected chi connectivity index (χ4v) is 2.32. The first-order chi connectivity index (χ1) is 9.52. The molecular weight excluding hydrogens is 346 g/mol. The highest BCUT2D eigenvalue weighted by Gasteiger charge is 2.14. The quantitative estimate of drug-likeness (QED) is 0.462. The van der Waals surface area contributed by atoms with Gasteiger partial charge in [0.2, 0.25) is 0 Å². The molecule has 0 unspecified atom stereocenters. The van der Waals surface area contributed by atoms with E-state index in [1.165, 1.54) is 12.1 Å². The molecule has 0 radical (unpaired) electrons. The SMILES string of the molecule is CCCc1nc(-c2cccc([N+](=O)[O-])c2)nc(Cl)c1Br. The van der Waals surface area contributed by atoms with E-state index in [1.54, 1.807) is 12.1 Å². The van der Waals surface area contributed by atoms with Crippen LogP contribution in [-0.4, -0.2) is 14.9 Å². The molecule has 0 aliphatic carbocycles. The Morgan fingerprint density at radius 3 is 2.80 bits per heavy atom. The highest BCUT2D eigenvalue weighted by atomic mass is 79.9. The number of non-ortho nitro benzene ring substituents is 1. The minimum atomic E-state index is -0.448. The van der Waals surface area contributed by atoms with E-state index < -0.39 is 4.92 Å². The lowest BCUT2D eigenvalue weighted by molar-refractivity contribution is -0.384. The van der Waals surface area contributed by atoms with Crippen molar-refractivity contribution in [3.05, 3.63) is 49.7 Å². The molecule has 2 rings (SSSR count). The molecule has 5 nitrogen and oxygen atoms in total. The highest BCUT2D eigenvalue weighted by Crippen LogP contribution is 2.28. The number of halogens is 2. The van der Waals surface area contributed by atoms with Crippen LogP contribution in [0.25, 0.3) is 11.4 Å². The summed E-state index contributed by atoms with van der Waals surface area (Å²) in [5.41, 5.74) is 1.38. The number of nitro benzene ring substituents is 1. The Kier molecular flexibility index (Phi) is 4.67. The third kappa shape index (κ3) is 3.13. The fourth-order valence-electron chi connectivity index (χ4n) is 1.75. The highest BCUT2D eigenvalue weighted by molar-refractivity contribution is 9.10. The zero-order chi connectivity index (χ0) is 14.7. The number of nitrogens with zero attached hydrogens (tertiary/aromatic N) is 3. The summed E-state index contributed by atoms with van der Waals surface area (Å²) in [6, 6.07) is 6.20. The van der Waals surface area contributed by atoms with Crippen molar-refractivity contribution >= 4 is 33.2 Å². The van der Waals surface area contributed by atoms with Crippen LogP contribution >= 0.6 is 27.5 Å². The third-order valence-corrected chi connectivity index (χ3v) is 4.02. The van der Waals surface area contributed by atoms with Crippen LogP contribution in [0.5, 0.6) is 0 Å². The van der Waals surface area contributed by atoms with Crippen LogP contribution in [0.1, 0.15) is 19.0 Å². The summed E-state index contributed by atoms with van der Waals surface area (Å²) in [6.45, 7) is 2.04. The van der Waals surface area contributed by atoms with Gasteiger partial charge in [-0.3, -0.25) is 10.1 Å². The second-order valence-corrected chi connectivity index (χ2v) is 5.31. The van der Waals surface area contributed by atoms with Crippen LogP contribution in [0.4, 0.5) is 5.69 Å². The summed E-state index contributed by atoms with van der Waals surface area (Å²) in [6.07, 6.45) is 1.67. The van der Waals surface area contributed by atoms with Gasteiger partial charge in [0.05, 0.1) is 15.1 Å². The lowest BCUT2D eigenvalue weighted by atomic mass is 10.1. The lowest BCUT2D eigenvalue weighted by Crippen LogP contribution is -1.99.